The van der Waals surface area contributed by atoms with Crippen LogP contribution in [-0.4, -0.2) is 73.8 Å². The highest BCUT2D eigenvalue weighted by molar-refractivity contribution is 5.77. The van der Waals surface area contributed by atoms with E-state index in [9.17, 15) is 31.1 Å². The van der Waals surface area contributed by atoms with Crippen molar-refractivity contribution < 1.29 is 55.4 Å². The molecule has 9 nitrogen and oxygen atoms in total. The first-order valence-corrected chi connectivity index (χ1v) is 11.2. The molecule has 15 heteroatoms. The average molecular weight is 553 g/mol. The van der Waals surface area contributed by atoms with E-state index in [-0.39, 0.29) is 5.91 Å². The maximum atomic E-state index is 12.5. The van der Waals surface area contributed by atoms with Gasteiger partial charge in [-0.3, -0.25) is 14.7 Å². The van der Waals surface area contributed by atoms with Gasteiger partial charge in [-0.2, -0.15) is 26.3 Å². The second-order valence-corrected chi connectivity index (χ2v) is 8.43. The van der Waals surface area contributed by atoms with Gasteiger partial charge in [0.2, 0.25) is 5.91 Å². The molecule has 2 aliphatic heterocycles. The van der Waals surface area contributed by atoms with Crippen molar-refractivity contribution in [1.82, 2.24) is 14.8 Å². The summed E-state index contributed by atoms with van der Waals surface area (Å²) in [6.07, 6.45) is -3.92. The van der Waals surface area contributed by atoms with Gasteiger partial charge in [0.25, 0.3) is 0 Å². The highest BCUT2D eigenvalue weighted by atomic mass is 19.4. The molecule has 0 aliphatic carbocycles. The zero-order valence-corrected chi connectivity index (χ0v) is 20.0. The number of rotatable bonds is 4. The molecule has 2 N–H and O–H groups in total. The first-order chi connectivity index (χ1) is 17.6. The number of carboxylic acid groups (broad SMARTS) is 2. The molecule has 2 fully saturated rings. The number of aromatic nitrogens is 1. The Morgan fingerprint density at radius 2 is 1.61 bits per heavy atom. The number of likely N-dealkylation sites (tertiary alicyclic amines) is 2. The summed E-state index contributed by atoms with van der Waals surface area (Å²) in [6, 6.07) is 8.79. The zero-order valence-electron chi connectivity index (χ0n) is 20.0. The summed E-state index contributed by atoms with van der Waals surface area (Å²) in [7, 11) is 0. The van der Waals surface area contributed by atoms with Gasteiger partial charge >= 0.3 is 24.3 Å². The van der Waals surface area contributed by atoms with Crippen molar-refractivity contribution in [1.29, 1.82) is 0 Å². The fourth-order valence-electron chi connectivity index (χ4n) is 4.10. The van der Waals surface area contributed by atoms with Crippen LogP contribution in [0.15, 0.2) is 41.1 Å². The lowest BCUT2D eigenvalue weighted by Gasteiger charge is -2.39. The predicted molar refractivity (Wildman–Crippen MR) is 117 cm³/mol. The number of aryl methyl sites for hydroxylation is 1. The van der Waals surface area contributed by atoms with Crippen LogP contribution in [0, 0.1) is 6.92 Å². The molecule has 2 saturated heterocycles. The molecule has 2 aromatic heterocycles. The van der Waals surface area contributed by atoms with Crippen molar-refractivity contribution in [3.63, 3.8) is 0 Å². The number of hydrogen-bond donors (Lipinski definition) is 2. The normalized spacial score (nSPS) is 19.6. The number of alkyl halides is 6. The number of fused-ring (bicyclic) bond motifs is 1. The predicted octanol–water partition coefficient (Wildman–Crippen LogP) is 4.02. The number of halogens is 6. The first-order valence-electron chi connectivity index (χ1n) is 11.2. The average Bonchev–Trinajstić information content (AvgIpc) is 3.42. The van der Waals surface area contributed by atoms with Crippen molar-refractivity contribution in [2.75, 3.05) is 6.54 Å². The van der Waals surface area contributed by atoms with Crippen LogP contribution in [0.5, 0.6) is 0 Å². The van der Waals surface area contributed by atoms with Crippen LogP contribution < -0.4 is 0 Å². The van der Waals surface area contributed by atoms with Gasteiger partial charge in [-0.25, -0.2) is 9.59 Å². The van der Waals surface area contributed by atoms with Crippen molar-refractivity contribution in [2.24, 2.45) is 0 Å². The molecule has 2 atom stereocenters. The summed E-state index contributed by atoms with van der Waals surface area (Å²) >= 11 is 0. The van der Waals surface area contributed by atoms with Crippen molar-refractivity contribution in [2.45, 2.75) is 63.7 Å². The Balaban J connectivity index is 0.000000301. The third kappa shape index (κ3) is 9.04. The summed E-state index contributed by atoms with van der Waals surface area (Å²) in [6.45, 7) is 4.50. The van der Waals surface area contributed by atoms with E-state index in [1.54, 1.807) is 6.20 Å². The number of carbonyl (C=O) groups is 3. The first kappa shape index (κ1) is 30.6. The number of carboxylic acids is 2. The Morgan fingerprint density at radius 3 is 2.08 bits per heavy atom. The monoisotopic (exact) mass is 553 g/mol. The van der Waals surface area contributed by atoms with E-state index in [2.05, 4.69) is 20.9 Å². The number of furan rings is 1. The van der Waals surface area contributed by atoms with Crippen LogP contribution in [0.2, 0.25) is 0 Å². The molecule has 0 saturated carbocycles. The summed E-state index contributed by atoms with van der Waals surface area (Å²) < 4.78 is 69.2. The Bertz CT molecular complexity index is 1070. The van der Waals surface area contributed by atoms with Gasteiger partial charge in [-0.05, 0) is 43.5 Å². The minimum absolute atomic E-state index is 0.274. The number of piperidine rings is 1. The van der Waals surface area contributed by atoms with E-state index in [1.807, 2.05) is 31.3 Å². The molecular weight excluding hydrogens is 528 g/mol. The van der Waals surface area contributed by atoms with Crippen LogP contribution >= 0.6 is 0 Å². The number of hydrogen-bond acceptors (Lipinski definition) is 6. The van der Waals surface area contributed by atoms with Crippen LogP contribution in [0.25, 0.3) is 0 Å². The van der Waals surface area contributed by atoms with E-state index in [1.165, 1.54) is 0 Å². The molecule has 4 heterocycles. The molecule has 0 aromatic carbocycles. The smallest absolute Gasteiger partial charge is 0.475 e. The van der Waals surface area contributed by atoms with Gasteiger partial charge in [0.05, 0.1) is 6.54 Å². The number of aliphatic carboxylic acids is 2. The van der Waals surface area contributed by atoms with Crippen LogP contribution in [0.4, 0.5) is 26.3 Å². The van der Waals surface area contributed by atoms with Gasteiger partial charge in [-0.1, -0.05) is 6.07 Å². The fraction of sp³-hybridized carbons (Fsp3) is 0.478. The van der Waals surface area contributed by atoms with Crippen LogP contribution in [0.1, 0.15) is 36.3 Å². The Kier molecular flexibility index (Phi) is 10.3. The van der Waals surface area contributed by atoms with Gasteiger partial charge in [-0.15, -0.1) is 0 Å². The molecule has 1 amide bonds. The maximum Gasteiger partial charge on any atom is 0.490 e. The van der Waals surface area contributed by atoms with Crippen molar-refractivity contribution in [3.8, 4) is 0 Å². The van der Waals surface area contributed by atoms with Crippen LogP contribution in [0.3, 0.4) is 0 Å². The lowest BCUT2D eigenvalue weighted by molar-refractivity contribution is -0.193. The number of amides is 1. The molecule has 2 aliphatic rings. The van der Waals surface area contributed by atoms with Crippen LogP contribution in [-0.2, 0) is 27.5 Å². The van der Waals surface area contributed by atoms with E-state index in [0.29, 0.717) is 25.0 Å². The van der Waals surface area contributed by atoms with Gasteiger partial charge in [0.1, 0.15) is 11.5 Å². The second kappa shape index (κ2) is 12.8. The third-order valence-corrected chi connectivity index (χ3v) is 5.72. The largest absolute Gasteiger partial charge is 0.490 e. The topological polar surface area (TPSA) is 124 Å². The van der Waals surface area contributed by atoms with E-state index < -0.39 is 24.3 Å². The van der Waals surface area contributed by atoms with Gasteiger partial charge in [0.15, 0.2) is 0 Å². The lowest BCUT2D eigenvalue weighted by Crippen LogP contribution is -2.51. The minimum atomic E-state index is -5.08. The van der Waals surface area contributed by atoms with E-state index in [4.69, 9.17) is 24.2 Å². The van der Waals surface area contributed by atoms with Crippen molar-refractivity contribution >= 4 is 17.8 Å². The molecule has 38 heavy (non-hydrogen) atoms. The number of pyridine rings is 1. The molecular formula is C23H25F6N3O6. The van der Waals surface area contributed by atoms with E-state index in [0.717, 1.165) is 43.0 Å². The Morgan fingerprint density at radius 1 is 1.00 bits per heavy atom. The highest BCUT2D eigenvalue weighted by Crippen LogP contribution is 2.33. The second-order valence-electron chi connectivity index (χ2n) is 8.43. The molecule has 2 aromatic rings. The molecule has 210 valence electrons. The third-order valence-electron chi connectivity index (χ3n) is 5.72. The number of nitrogens with zero attached hydrogens (tertiary/aromatic N) is 3. The van der Waals surface area contributed by atoms with Gasteiger partial charge in [0, 0.05) is 44.0 Å². The molecule has 0 radical (unpaired) electrons. The summed E-state index contributed by atoms with van der Waals surface area (Å²) in [5, 5.41) is 14.2. The maximum absolute atomic E-state index is 12.5. The molecule has 4 rings (SSSR count). The van der Waals surface area contributed by atoms with Crippen molar-refractivity contribution in [3.05, 3.63) is 53.7 Å². The van der Waals surface area contributed by atoms with E-state index >= 15 is 0 Å². The summed E-state index contributed by atoms with van der Waals surface area (Å²) in [5.41, 5.74) is 1.10. The fourth-order valence-corrected chi connectivity index (χ4v) is 4.10. The van der Waals surface area contributed by atoms with Gasteiger partial charge < -0.3 is 19.5 Å². The molecule has 0 bridgehead atoms. The summed E-state index contributed by atoms with van der Waals surface area (Å²) in [4.78, 5) is 39.0. The lowest BCUT2D eigenvalue weighted by atomic mass is 9.95. The molecule has 0 spiro atoms. The standard InChI is InChI=1S/C19H23N3O2.2C2HF3O2/c1-14-4-5-16(24-14)13-21-10-8-18-17(21)6-7-19(23)22(18)12-15-3-2-9-20-11-15;2*3-2(4,5)1(6)7/h2-5,9,11,17-18H,6-8,10,12-13H2,1H3;2*(H,6,7)/t17-,18-;;/m0../s1. The summed E-state index contributed by atoms with van der Waals surface area (Å²) in [5.74, 6) is -3.27. The SMILES string of the molecule is Cc1ccc(CN2CC[C@H]3[C@@H]2CCC(=O)N3Cc2cccnc2)o1.O=C(O)C(F)(F)F.O=C(O)C(F)(F)F. The molecule has 0 unspecified atom stereocenters. The Hall–Kier alpha value is -3.62. The zero-order chi connectivity index (χ0) is 28.7. The quantitative estimate of drug-likeness (QED) is 0.545. The Labute approximate surface area is 212 Å². The highest BCUT2D eigenvalue weighted by Gasteiger charge is 2.43. The minimum Gasteiger partial charge on any atom is -0.475 e. The number of carbonyl (C=O) groups excluding carboxylic acids is 1.